The van der Waals surface area contributed by atoms with Gasteiger partial charge in [0.15, 0.2) is 0 Å². The minimum Gasteiger partial charge on any atom is -0.329 e. The van der Waals surface area contributed by atoms with E-state index in [1.807, 2.05) is 30.6 Å². The van der Waals surface area contributed by atoms with Crippen molar-refractivity contribution in [1.82, 2.24) is 14.9 Å². The number of benzene rings is 1. The Morgan fingerprint density at radius 2 is 2.22 bits per heavy atom. The fraction of sp³-hybridized carbons (Fsp3) is 0.357. The first-order valence-corrected chi connectivity index (χ1v) is 6.51. The number of rotatable bonds is 5. The molecule has 4 heteroatoms. The summed E-state index contributed by atoms with van der Waals surface area (Å²) in [5, 5.41) is 4.15. The van der Waals surface area contributed by atoms with Crippen molar-refractivity contribution in [3.05, 3.63) is 53.1 Å². The lowest BCUT2D eigenvalue weighted by Crippen LogP contribution is -2.24. The zero-order valence-corrected chi connectivity index (χ0v) is 11.5. The Kier molecular flexibility index (Phi) is 4.39. The summed E-state index contributed by atoms with van der Waals surface area (Å²) in [5.74, 6) is 1.05. The third-order valence-electron chi connectivity index (χ3n) is 2.71. The minimum absolute atomic E-state index is 0.460. The Bertz CT molecular complexity index is 505. The molecule has 0 bridgehead atoms. The second-order valence-electron chi connectivity index (χ2n) is 4.64. The van der Waals surface area contributed by atoms with E-state index in [0.717, 1.165) is 23.9 Å². The number of nitrogens with one attached hydrogen (secondary N) is 1. The smallest absolute Gasteiger partial charge is 0.122 e. The summed E-state index contributed by atoms with van der Waals surface area (Å²) in [6.45, 7) is 5.84. The predicted octanol–water partition coefficient (Wildman–Crippen LogP) is 3.08. The van der Waals surface area contributed by atoms with Crippen LogP contribution in [0, 0.1) is 0 Å². The molecule has 3 nitrogen and oxygen atoms in total. The van der Waals surface area contributed by atoms with Crippen molar-refractivity contribution in [2.75, 3.05) is 0 Å². The molecule has 1 N–H and O–H groups in total. The highest BCUT2D eigenvalue weighted by molar-refractivity contribution is 6.30. The summed E-state index contributed by atoms with van der Waals surface area (Å²) in [6, 6.07) is 8.38. The molecule has 96 valence electrons. The van der Waals surface area contributed by atoms with Gasteiger partial charge >= 0.3 is 0 Å². The number of hydrogen-bond acceptors (Lipinski definition) is 2. The molecule has 1 aromatic carbocycles. The van der Waals surface area contributed by atoms with Crippen LogP contribution in [0.2, 0.25) is 5.02 Å². The van der Waals surface area contributed by atoms with Crippen molar-refractivity contribution in [1.29, 1.82) is 0 Å². The van der Waals surface area contributed by atoms with Crippen LogP contribution in [0.4, 0.5) is 0 Å². The van der Waals surface area contributed by atoms with Crippen LogP contribution >= 0.6 is 11.6 Å². The van der Waals surface area contributed by atoms with E-state index in [2.05, 4.69) is 34.8 Å². The Morgan fingerprint density at radius 1 is 1.39 bits per heavy atom. The predicted molar refractivity (Wildman–Crippen MR) is 74.8 cm³/mol. The monoisotopic (exact) mass is 263 g/mol. The number of aromatic nitrogens is 2. The van der Waals surface area contributed by atoms with Gasteiger partial charge in [0.2, 0.25) is 0 Å². The maximum absolute atomic E-state index is 5.99. The Hall–Kier alpha value is -1.32. The summed E-state index contributed by atoms with van der Waals surface area (Å²) in [6.07, 6.45) is 3.83. The maximum Gasteiger partial charge on any atom is 0.122 e. The van der Waals surface area contributed by atoms with E-state index < -0.39 is 0 Å². The largest absolute Gasteiger partial charge is 0.329 e. The van der Waals surface area contributed by atoms with Gasteiger partial charge in [0.25, 0.3) is 0 Å². The molecular formula is C14H18ClN3. The van der Waals surface area contributed by atoms with E-state index in [1.165, 1.54) is 5.56 Å². The number of imidazole rings is 1. The fourth-order valence-corrected chi connectivity index (χ4v) is 1.99. The normalized spacial score (nSPS) is 11.1. The molecule has 0 aliphatic heterocycles. The molecule has 0 aliphatic carbocycles. The Labute approximate surface area is 113 Å². The average molecular weight is 264 g/mol. The SMILES string of the molecule is CC(C)NCc1nccn1Cc1cccc(Cl)c1. The molecule has 0 saturated heterocycles. The van der Waals surface area contributed by atoms with Crippen LogP contribution in [0.1, 0.15) is 25.2 Å². The summed E-state index contributed by atoms with van der Waals surface area (Å²) in [5.41, 5.74) is 1.19. The first kappa shape index (κ1) is 13.1. The van der Waals surface area contributed by atoms with Gasteiger partial charge in [-0.05, 0) is 17.7 Å². The molecule has 0 spiro atoms. The maximum atomic E-state index is 5.99. The van der Waals surface area contributed by atoms with Gasteiger partial charge in [-0.2, -0.15) is 0 Å². The van der Waals surface area contributed by atoms with E-state index in [1.54, 1.807) is 0 Å². The van der Waals surface area contributed by atoms with E-state index >= 15 is 0 Å². The number of halogens is 1. The van der Waals surface area contributed by atoms with Crippen molar-refractivity contribution in [2.24, 2.45) is 0 Å². The van der Waals surface area contributed by atoms with Crippen LogP contribution < -0.4 is 5.32 Å². The zero-order valence-electron chi connectivity index (χ0n) is 10.7. The molecule has 1 aromatic heterocycles. The van der Waals surface area contributed by atoms with Gasteiger partial charge in [-0.25, -0.2) is 4.98 Å². The van der Waals surface area contributed by atoms with E-state index in [9.17, 15) is 0 Å². The number of hydrogen-bond donors (Lipinski definition) is 1. The summed E-state index contributed by atoms with van der Waals surface area (Å²) in [7, 11) is 0. The van der Waals surface area contributed by atoms with Crippen LogP contribution in [-0.2, 0) is 13.1 Å². The van der Waals surface area contributed by atoms with Gasteiger partial charge in [0.05, 0.1) is 6.54 Å². The molecule has 2 aromatic rings. The summed E-state index contributed by atoms with van der Waals surface area (Å²) in [4.78, 5) is 4.37. The lowest BCUT2D eigenvalue weighted by molar-refractivity contribution is 0.554. The highest BCUT2D eigenvalue weighted by Gasteiger charge is 2.04. The molecular weight excluding hydrogens is 246 g/mol. The van der Waals surface area contributed by atoms with Crippen molar-refractivity contribution in [3.8, 4) is 0 Å². The molecule has 0 amide bonds. The molecule has 18 heavy (non-hydrogen) atoms. The quantitative estimate of drug-likeness (QED) is 0.899. The molecule has 0 saturated carbocycles. The van der Waals surface area contributed by atoms with Gasteiger partial charge in [-0.15, -0.1) is 0 Å². The fourth-order valence-electron chi connectivity index (χ4n) is 1.78. The van der Waals surface area contributed by atoms with Crippen molar-refractivity contribution < 1.29 is 0 Å². The number of nitrogens with zero attached hydrogens (tertiary/aromatic N) is 2. The van der Waals surface area contributed by atoms with Crippen LogP contribution in [0.25, 0.3) is 0 Å². The molecule has 0 fully saturated rings. The van der Waals surface area contributed by atoms with Gasteiger partial charge in [0, 0.05) is 30.0 Å². The molecule has 0 atom stereocenters. The highest BCUT2D eigenvalue weighted by atomic mass is 35.5. The highest BCUT2D eigenvalue weighted by Crippen LogP contribution is 2.12. The summed E-state index contributed by atoms with van der Waals surface area (Å²) < 4.78 is 2.14. The lowest BCUT2D eigenvalue weighted by atomic mass is 10.2. The van der Waals surface area contributed by atoms with Crippen molar-refractivity contribution in [2.45, 2.75) is 33.0 Å². The first-order valence-electron chi connectivity index (χ1n) is 6.13. The van der Waals surface area contributed by atoms with Gasteiger partial charge in [-0.1, -0.05) is 37.6 Å². The molecule has 0 radical (unpaired) electrons. The molecule has 0 aliphatic rings. The van der Waals surface area contributed by atoms with E-state index in [-0.39, 0.29) is 0 Å². The topological polar surface area (TPSA) is 29.9 Å². The van der Waals surface area contributed by atoms with Gasteiger partial charge in [0.1, 0.15) is 5.82 Å². The average Bonchev–Trinajstić information content (AvgIpc) is 2.74. The zero-order chi connectivity index (χ0) is 13.0. The lowest BCUT2D eigenvalue weighted by Gasteiger charge is -2.11. The standard InChI is InChI=1S/C14H18ClN3/c1-11(2)17-9-14-16-6-7-18(14)10-12-4-3-5-13(15)8-12/h3-8,11,17H,9-10H2,1-2H3. The van der Waals surface area contributed by atoms with Gasteiger partial charge in [-0.3, -0.25) is 0 Å². The summed E-state index contributed by atoms with van der Waals surface area (Å²) >= 11 is 5.99. The third kappa shape index (κ3) is 3.59. The molecule has 1 heterocycles. The van der Waals surface area contributed by atoms with Crippen molar-refractivity contribution >= 4 is 11.6 Å². The Morgan fingerprint density at radius 3 is 2.94 bits per heavy atom. The Balaban J connectivity index is 2.07. The van der Waals surface area contributed by atoms with Crippen LogP contribution in [0.15, 0.2) is 36.7 Å². The van der Waals surface area contributed by atoms with E-state index in [4.69, 9.17) is 11.6 Å². The molecule has 0 unspecified atom stereocenters. The third-order valence-corrected chi connectivity index (χ3v) is 2.95. The van der Waals surface area contributed by atoms with Crippen molar-refractivity contribution in [3.63, 3.8) is 0 Å². The minimum atomic E-state index is 0.460. The second kappa shape index (κ2) is 6.03. The second-order valence-corrected chi connectivity index (χ2v) is 5.07. The molecule has 2 rings (SSSR count). The van der Waals surface area contributed by atoms with Crippen LogP contribution in [0.5, 0.6) is 0 Å². The van der Waals surface area contributed by atoms with Crippen LogP contribution in [-0.4, -0.2) is 15.6 Å². The van der Waals surface area contributed by atoms with Gasteiger partial charge < -0.3 is 9.88 Å². The van der Waals surface area contributed by atoms with E-state index in [0.29, 0.717) is 6.04 Å². The first-order chi connectivity index (χ1) is 8.65. The van der Waals surface area contributed by atoms with Crippen LogP contribution in [0.3, 0.4) is 0 Å².